The number of aromatic amines is 1. The Kier molecular flexibility index (Phi) is 5.74. The maximum Gasteiger partial charge on any atom is 0.214 e. The smallest absolute Gasteiger partial charge is 0.214 e. The van der Waals surface area contributed by atoms with Crippen molar-refractivity contribution in [1.82, 2.24) is 19.3 Å². The number of fused-ring (bicyclic) bond motifs is 1. The van der Waals surface area contributed by atoms with Gasteiger partial charge in [-0.3, -0.25) is 0 Å². The second kappa shape index (κ2) is 8.28. The quantitative estimate of drug-likeness (QED) is 0.776. The number of hydrogen-bond acceptors (Lipinski definition) is 6. The molecule has 0 radical (unpaired) electrons. The lowest BCUT2D eigenvalue weighted by molar-refractivity contribution is 0.335. The van der Waals surface area contributed by atoms with Crippen molar-refractivity contribution in [1.29, 1.82) is 5.26 Å². The fourth-order valence-electron chi connectivity index (χ4n) is 4.76. The van der Waals surface area contributed by atoms with Crippen molar-refractivity contribution in [2.45, 2.75) is 44.6 Å². The van der Waals surface area contributed by atoms with E-state index in [1.807, 2.05) is 12.3 Å². The maximum absolute atomic E-state index is 12.8. The van der Waals surface area contributed by atoms with Gasteiger partial charge in [-0.25, -0.2) is 22.7 Å². The van der Waals surface area contributed by atoms with Crippen molar-refractivity contribution in [3.8, 4) is 6.07 Å². The molecule has 0 bridgehead atoms. The van der Waals surface area contributed by atoms with Crippen molar-refractivity contribution in [2.75, 3.05) is 30.8 Å². The van der Waals surface area contributed by atoms with Crippen LogP contribution in [-0.4, -0.2) is 59.6 Å². The van der Waals surface area contributed by atoms with Crippen LogP contribution in [0.25, 0.3) is 11.0 Å². The molecular formula is C20H28N6O2S. The first-order valence-electron chi connectivity index (χ1n) is 10.3. The van der Waals surface area contributed by atoms with Crippen molar-refractivity contribution < 1.29 is 8.42 Å². The molecule has 3 heterocycles. The van der Waals surface area contributed by atoms with Gasteiger partial charge in [-0.2, -0.15) is 5.26 Å². The van der Waals surface area contributed by atoms with Gasteiger partial charge in [0.05, 0.1) is 17.2 Å². The fourth-order valence-corrected chi connectivity index (χ4v) is 6.72. The molecule has 2 fully saturated rings. The summed E-state index contributed by atoms with van der Waals surface area (Å²) < 4.78 is 27.2. The lowest BCUT2D eigenvalue weighted by Crippen LogP contribution is -2.39. The van der Waals surface area contributed by atoms with Gasteiger partial charge in [0.25, 0.3) is 0 Å². The second-order valence-electron chi connectivity index (χ2n) is 8.38. The van der Waals surface area contributed by atoms with Crippen LogP contribution in [0.4, 0.5) is 5.82 Å². The molecule has 2 aromatic rings. The molecule has 0 unspecified atom stereocenters. The summed E-state index contributed by atoms with van der Waals surface area (Å²) in [6, 6.07) is 4.51. The van der Waals surface area contributed by atoms with Gasteiger partial charge in [0.1, 0.15) is 17.8 Å². The molecule has 8 nitrogen and oxygen atoms in total. The number of hydrogen-bond donors (Lipinski definition) is 1. The van der Waals surface area contributed by atoms with Crippen LogP contribution < -0.4 is 4.90 Å². The minimum Gasteiger partial charge on any atom is -0.356 e. The third-order valence-electron chi connectivity index (χ3n) is 6.50. The highest BCUT2D eigenvalue weighted by atomic mass is 32.2. The van der Waals surface area contributed by atoms with Crippen LogP contribution in [0, 0.1) is 23.2 Å². The van der Waals surface area contributed by atoms with Gasteiger partial charge in [-0.1, -0.05) is 0 Å². The van der Waals surface area contributed by atoms with Crippen molar-refractivity contribution in [2.24, 2.45) is 11.8 Å². The number of nitrogens with zero attached hydrogens (tertiary/aromatic N) is 5. The number of rotatable bonds is 6. The first-order chi connectivity index (χ1) is 14.0. The first-order valence-corrected chi connectivity index (χ1v) is 11.9. The van der Waals surface area contributed by atoms with Gasteiger partial charge < -0.3 is 9.88 Å². The monoisotopic (exact) mass is 416 g/mol. The number of sulfonamides is 1. The molecule has 2 aromatic heterocycles. The molecule has 156 valence electrons. The molecule has 0 spiro atoms. The Labute approximate surface area is 172 Å². The van der Waals surface area contributed by atoms with E-state index in [0.717, 1.165) is 49.0 Å². The van der Waals surface area contributed by atoms with E-state index in [1.165, 1.54) is 0 Å². The second-order valence-corrected chi connectivity index (χ2v) is 10.4. The van der Waals surface area contributed by atoms with E-state index < -0.39 is 10.0 Å². The van der Waals surface area contributed by atoms with Crippen LogP contribution >= 0.6 is 0 Å². The highest BCUT2D eigenvalue weighted by molar-refractivity contribution is 7.89. The van der Waals surface area contributed by atoms with Gasteiger partial charge >= 0.3 is 0 Å². The molecule has 1 N–H and O–H groups in total. The van der Waals surface area contributed by atoms with E-state index in [4.69, 9.17) is 5.26 Å². The Bertz CT molecular complexity index is 990. The predicted molar refractivity (Wildman–Crippen MR) is 112 cm³/mol. The Hall–Kier alpha value is -2.18. The topological polar surface area (TPSA) is 106 Å². The summed E-state index contributed by atoms with van der Waals surface area (Å²) in [5.74, 6) is 1.56. The number of nitriles is 1. The largest absolute Gasteiger partial charge is 0.356 e. The van der Waals surface area contributed by atoms with E-state index >= 15 is 0 Å². The van der Waals surface area contributed by atoms with E-state index in [-0.39, 0.29) is 17.6 Å². The lowest BCUT2D eigenvalue weighted by atomic mass is 9.86. The molecule has 29 heavy (non-hydrogen) atoms. The number of nitrogens with one attached hydrogen (secondary N) is 1. The highest BCUT2D eigenvalue weighted by Crippen LogP contribution is 2.33. The molecule has 2 aliphatic rings. The summed E-state index contributed by atoms with van der Waals surface area (Å²) in [5, 5.41) is 9.86. The lowest BCUT2D eigenvalue weighted by Gasteiger charge is -2.35. The normalized spacial score (nSPS) is 25.9. The average Bonchev–Trinajstić information content (AvgIpc) is 3.37. The maximum atomic E-state index is 12.8. The van der Waals surface area contributed by atoms with Crippen LogP contribution in [-0.2, 0) is 10.0 Å². The molecule has 0 amide bonds. The molecular weight excluding hydrogens is 388 g/mol. The third-order valence-corrected chi connectivity index (χ3v) is 8.51. The molecule has 0 aromatic carbocycles. The zero-order chi connectivity index (χ0) is 20.4. The fraction of sp³-hybridized carbons (Fsp3) is 0.650. The summed E-state index contributed by atoms with van der Waals surface area (Å²) in [4.78, 5) is 14.1. The molecule has 9 heteroatoms. The van der Waals surface area contributed by atoms with Crippen LogP contribution in [0.3, 0.4) is 0 Å². The number of anilines is 1. The van der Waals surface area contributed by atoms with Gasteiger partial charge in [0.15, 0.2) is 0 Å². The molecule has 1 aliphatic heterocycles. The number of H-pyrrole nitrogens is 1. The number of aromatic nitrogens is 3. The highest BCUT2D eigenvalue weighted by Gasteiger charge is 2.34. The van der Waals surface area contributed by atoms with Crippen molar-refractivity contribution in [3.63, 3.8) is 0 Å². The Balaban J connectivity index is 1.34. The summed E-state index contributed by atoms with van der Waals surface area (Å²) >= 11 is 0. The third kappa shape index (κ3) is 4.23. The van der Waals surface area contributed by atoms with E-state index in [1.54, 1.807) is 10.6 Å². The summed E-state index contributed by atoms with van der Waals surface area (Å²) in [6.45, 7) is 1.07. The van der Waals surface area contributed by atoms with E-state index in [0.29, 0.717) is 25.6 Å². The minimum absolute atomic E-state index is 0.192. The van der Waals surface area contributed by atoms with Crippen LogP contribution in [0.5, 0.6) is 0 Å². The Morgan fingerprint density at radius 3 is 2.79 bits per heavy atom. The van der Waals surface area contributed by atoms with Crippen molar-refractivity contribution in [3.05, 3.63) is 18.6 Å². The van der Waals surface area contributed by atoms with Gasteiger partial charge in [-0.15, -0.1) is 0 Å². The summed E-state index contributed by atoms with van der Waals surface area (Å²) in [6.07, 6.45) is 8.44. The predicted octanol–water partition coefficient (Wildman–Crippen LogP) is 2.52. The van der Waals surface area contributed by atoms with Gasteiger partial charge in [-0.05, 0) is 50.0 Å². The van der Waals surface area contributed by atoms with E-state index in [2.05, 4.69) is 33.0 Å². The summed E-state index contributed by atoms with van der Waals surface area (Å²) in [5.41, 5.74) is 0.835. The van der Waals surface area contributed by atoms with Crippen LogP contribution in [0.15, 0.2) is 18.6 Å². The molecule has 4 rings (SSSR count). The first kappa shape index (κ1) is 20.1. The molecule has 1 saturated heterocycles. The zero-order valence-electron chi connectivity index (χ0n) is 16.8. The van der Waals surface area contributed by atoms with Crippen molar-refractivity contribution >= 4 is 26.9 Å². The van der Waals surface area contributed by atoms with E-state index in [9.17, 15) is 8.42 Å². The molecule has 1 aliphatic carbocycles. The SMILES string of the molecule is CN(c1ncnc2[nH]ccc12)C1CCC(CS(=O)(=O)N2CC[C@@H](CC#N)C2)CC1. The van der Waals surface area contributed by atoms with Gasteiger partial charge in [0.2, 0.25) is 10.0 Å². The van der Waals surface area contributed by atoms with Crippen LogP contribution in [0.2, 0.25) is 0 Å². The zero-order valence-corrected chi connectivity index (χ0v) is 17.6. The molecule has 1 atom stereocenters. The Morgan fingerprint density at radius 2 is 2.03 bits per heavy atom. The average molecular weight is 417 g/mol. The summed E-state index contributed by atoms with van der Waals surface area (Å²) in [7, 11) is -1.17. The van der Waals surface area contributed by atoms with Crippen LogP contribution in [0.1, 0.15) is 38.5 Å². The Morgan fingerprint density at radius 1 is 1.24 bits per heavy atom. The standard InChI is InChI=1S/C20H28N6O2S/c1-25(20-18-7-10-22-19(18)23-14-24-20)17-4-2-16(3-5-17)13-29(27,28)26-11-8-15(12-26)6-9-21/h7,10,14-17H,2-6,8,11-13H2,1H3,(H,22,23,24)/t15-,16?,17?/m1/s1. The molecule has 1 saturated carbocycles. The minimum atomic E-state index is -3.24. The van der Waals surface area contributed by atoms with Gasteiger partial charge in [0, 0.05) is 38.8 Å².